The number of aromatic nitrogens is 1. The molecular weight excluding hydrogens is 418 g/mol. The van der Waals surface area contributed by atoms with Crippen LogP contribution in [0.5, 0.6) is 0 Å². The van der Waals surface area contributed by atoms with Gasteiger partial charge in [-0.1, -0.05) is 31.4 Å². The first kappa shape index (κ1) is 24.2. The number of benzene rings is 1. The highest BCUT2D eigenvalue weighted by Crippen LogP contribution is 2.23. The first-order valence-corrected chi connectivity index (χ1v) is 11.2. The van der Waals surface area contributed by atoms with Crippen LogP contribution in [0.1, 0.15) is 57.1 Å². The molecule has 7 N–H and O–H groups in total. The fourth-order valence-electron chi connectivity index (χ4n) is 3.84. The first-order chi connectivity index (χ1) is 15.8. The van der Waals surface area contributed by atoms with Gasteiger partial charge >= 0.3 is 0 Å². The van der Waals surface area contributed by atoms with E-state index in [0.29, 0.717) is 29.5 Å². The Hall–Kier alpha value is -3.46. The van der Waals surface area contributed by atoms with Crippen molar-refractivity contribution < 1.29 is 5.11 Å². The SMILES string of the molecule is CC(C)(O)/C(=C/NCc1ccc(NC(=N)c2c(NC3CCCCC3)cc[nH]c2=O)cc1)N=N. The van der Waals surface area contributed by atoms with Crippen molar-refractivity contribution in [2.45, 2.75) is 64.1 Å². The third kappa shape index (κ3) is 6.76. The van der Waals surface area contributed by atoms with E-state index < -0.39 is 5.60 Å². The number of aliphatic hydroxyl groups is 1. The fraction of sp³-hybridized carbons (Fsp3) is 0.417. The predicted molar refractivity (Wildman–Crippen MR) is 131 cm³/mol. The van der Waals surface area contributed by atoms with Gasteiger partial charge in [-0.3, -0.25) is 10.2 Å². The molecule has 9 nitrogen and oxygen atoms in total. The van der Waals surface area contributed by atoms with Gasteiger partial charge in [0.1, 0.15) is 22.7 Å². The quantitative estimate of drug-likeness (QED) is 0.172. The Balaban J connectivity index is 1.64. The number of anilines is 2. The van der Waals surface area contributed by atoms with E-state index in [1.54, 1.807) is 20.0 Å². The van der Waals surface area contributed by atoms with Crippen molar-refractivity contribution in [2.75, 3.05) is 10.6 Å². The molecule has 1 fully saturated rings. The molecule has 1 aliphatic rings. The summed E-state index contributed by atoms with van der Waals surface area (Å²) in [5, 5.41) is 31.3. The second-order valence-electron chi connectivity index (χ2n) is 8.85. The number of hydrogen-bond acceptors (Lipinski definition) is 7. The molecule has 3 rings (SSSR count). The van der Waals surface area contributed by atoms with Gasteiger partial charge in [-0.2, -0.15) is 5.11 Å². The summed E-state index contributed by atoms with van der Waals surface area (Å²) in [5.41, 5.74) is 8.56. The van der Waals surface area contributed by atoms with Crippen LogP contribution in [0.4, 0.5) is 11.4 Å². The smallest absolute Gasteiger partial charge is 0.261 e. The molecular formula is C24H33N7O2. The summed E-state index contributed by atoms with van der Waals surface area (Å²) < 4.78 is 0. The van der Waals surface area contributed by atoms with E-state index in [4.69, 9.17) is 10.9 Å². The molecule has 0 bridgehead atoms. The summed E-state index contributed by atoms with van der Waals surface area (Å²) in [5.74, 6) is 0.0378. The topological polar surface area (TPSA) is 149 Å². The van der Waals surface area contributed by atoms with Crippen molar-refractivity contribution in [3.05, 3.63) is 69.9 Å². The van der Waals surface area contributed by atoms with Gasteiger partial charge in [0.2, 0.25) is 0 Å². The maximum absolute atomic E-state index is 12.5. The van der Waals surface area contributed by atoms with Crippen LogP contribution >= 0.6 is 0 Å². The number of aromatic amines is 1. The molecule has 1 saturated carbocycles. The molecule has 0 aliphatic heterocycles. The van der Waals surface area contributed by atoms with Gasteiger partial charge in [0.25, 0.3) is 5.56 Å². The molecule has 1 aromatic heterocycles. The molecule has 1 heterocycles. The molecule has 0 spiro atoms. The lowest BCUT2D eigenvalue weighted by Crippen LogP contribution is -2.29. The number of hydrogen-bond donors (Lipinski definition) is 7. The molecule has 0 saturated heterocycles. The Morgan fingerprint density at radius 1 is 1.21 bits per heavy atom. The number of rotatable bonds is 9. The minimum absolute atomic E-state index is 0.0378. The second-order valence-corrected chi connectivity index (χ2v) is 8.85. The zero-order chi connectivity index (χ0) is 23.8. The lowest BCUT2D eigenvalue weighted by molar-refractivity contribution is 0.116. The average molecular weight is 452 g/mol. The maximum Gasteiger partial charge on any atom is 0.261 e. The number of pyridine rings is 1. The maximum atomic E-state index is 12.5. The van der Waals surface area contributed by atoms with Crippen molar-refractivity contribution in [3.63, 3.8) is 0 Å². The molecule has 2 aromatic rings. The van der Waals surface area contributed by atoms with Gasteiger partial charge < -0.3 is 26.0 Å². The molecule has 0 amide bonds. The number of nitrogens with zero attached hydrogens (tertiary/aromatic N) is 1. The van der Waals surface area contributed by atoms with E-state index in [1.807, 2.05) is 30.3 Å². The van der Waals surface area contributed by atoms with E-state index in [-0.39, 0.29) is 17.1 Å². The highest BCUT2D eigenvalue weighted by Gasteiger charge is 2.19. The van der Waals surface area contributed by atoms with Crippen molar-refractivity contribution in [1.29, 1.82) is 10.9 Å². The van der Waals surface area contributed by atoms with Crippen LogP contribution in [0.15, 0.2) is 58.3 Å². The second kappa shape index (κ2) is 10.9. The normalized spacial score (nSPS) is 15.1. The van der Waals surface area contributed by atoms with Crippen LogP contribution in [0.25, 0.3) is 0 Å². The molecule has 33 heavy (non-hydrogen) atoms. The van der Waals surface area contributed by atoms with Crippen LogP contribution in [0.2, 0.25) is 0 Å². The van der Waals surface area contributed by atoms with Crippen LogP contribution < -0.4 is 21.5 Å². The van der Waals surface area contributed by atoms with Crippen molar-refractivity contribution >= 4 is 17.2 Å². The van der Waals surface area contributed by atoms with E-state index in [1.165, 1.54) is 25.5 Å². The summed E-state index contributed by atoms with van der Waals surface area (Å²) in [6.45, 7) is 3.63. The number of H-pyrrole nitrogens is 1. The lowest BCUT2D eigenvalue weighted by atomic mass is 9.95. The summed E-state index contributed by atoms with van der Waals surface area (Å²) in [4.78, 5) is 15.2. The summed E-state index contributed by atoms with van der Waals surface area (Å²) in [6.07, 6.45) is 8.89. The first-order valence-electron chi connectivity index (χ1n) is 11.2. The molecule has 0 unspecified atom stereocenters. The summed E-state index contributed by atoms with van der Waals surface area (Å²) in [6, 6.07) is 9.61. The highest BCUT2D eigenvalue weighted by molar-refractivity contribution is 6.09. The van der Waals surface area contributed by atoms with Crippen molar-refractivity contribution in [1.82, 2.24) is 10.3 Å². The van der Waals surface area contributed by atoms with E-state index in [0.717, 1.165) is 18.4 Å². The molecule has 1 aromatic carbocycles. The molecule has 9 heteroatoms. The van der Waals surface area contributed by atoms with Crippen LogP contribution in [-0.4, -0.2) is 27.6 Å². The Labute approximate surface area is 193 Å². The van der Waals surface area contributed by atoms with Gasteiger partial charge in [0, 0.05) is 30.7 Å². The summed E-state index contributed by atoms with van der Waals surface area (Å²) >= 11 is 0. The summed E-state index contributed by atoms with van der Waals surface area (Å²) in [7, 11) is 0. The monoisotopic (exact) mass is 451 g/mol. The minimum atomic E-state index is -1.19. The van der Waals surface area contributed by atoms with Gasteiger partial charge in [-0.25, -0.2) is 5.53 Å². The molecule has 176 valence electrons. The van der Waals surface area contributed by atoms with E-state index >= 15 is 0 Å². The highest BCUT2D eigenvalue weighted by atomic mass is 16.3. The Morgan fingerprint density at radius 3 is 2.55 bits per heavy atom. The zero-order valence-electron chi connectivity index (χ0n) is 19.2. The number of amidine groups is 1. The zero-order valence-corrected chi connectivity index (χ0v) is 19.2. The third-order valence-corrected chi connectivity index (χ3v) is 5.69. The predicted octanol–water partition coefficient (Wildman–Crippen LogP) is 4.29. The fourth-order valence-corrected chi connectivity index (χ4v) is 3.84. The Morgan fingerprint density at radius 2 is 1.91 bits per heavy atom. The van der Waals surface area contributed by atoms with Gasteiger partial charge in [-0.15, -0.1) is 0 Å². The number of nitrogens with one attached hydrogen (secondary N) is 6. The van der Waals surface area contributed by atoms with Gasteiger partial charge in [0.05, 0.1) is 5.69 Å². The standard InChI is InChI=1S/C24H33N7O2/c1-24(2,33)20(31-26)15-27-14-16-8-10-18(11-9-16)30-22(25)21-19(12-13-28-23(21)32)29-17-6-4-3-5-7-17/h8-13,15,17,26-27,33H,3-7,14H2,1-2H3,(H2,25,30)(H2,28,29,32)/b20-15-,31-26?. The minimum Gasteiger partial charge on any atom is -0.385 e. The van der Waals surface area contributed by atoms with E-state index in [9.17, 15) is 9.90 Å². The van der Waals surface area contributed by atoms with Crippen molar-refractivity contribution in [2.24, 2.45) is 5.11 Å². The average Bonchev–Trinajstić information content (AvgIpc) is 2.77. The third-order valence-electron chi connectivity index (χ3n) is 5.69. The Kier molecular flexibility index (Phi) is 8.00. The van der Waals surface area contributed by atoms with Crippen molar-refractivity contribution in [3.8, 4) is 0 Å². The van der Waals surface area contributed by atoms with Crippen LogP contribution in [0.3, 0.4) is 0 Å². The van der Waals surface area contributed by atoms with E-state index in [2.05, 4.69) is 26.0 Å². The Bertz CT molecular complexity index is 1050. The molecule has 0 atom stereocenters. The van der Waals surface area contributed by atoms with Gasteiger partial charge in [0.15, 0.2) is 0 Å². The lowest BCUT2D eigenvalue weighted by Gasteiger charge is -2.25. The van der Waals surface area contributed by atoms with Crippen LogP contribution in [0, 0.1) is 10.9 Å². The van der Waals surface area contributed by atoms with Crippen LogP contribution in [-0.2, 0) is 6.54 Å². The molecule has 1 aliphatic carbocycles. The molecule has 0 radical (unpaired) electrons. The van der Waals surface area contributed by atoms with Gasteiger partial charge in [-0.05, 0) is 50.5 Å². The largest absolute Gasteiger partial charge is 0.385 e.